The minimum atomic E-state index is -0.757. The van der Waals surface area contributed by atoms with Gasteiger partial charge in [0.25, 0.3) is 11.7 Å². The molecule has 150 valence electrons. The second-order valence-corrected chi connectivity index (χ2v) is 7.27. The fourth-order valence-corrected chi connectivity index (χ4v) is 3.68. The lowest BCUT2D eigenvalue weighted by Gasteiger charge is -2.25. The van der Waals surface area contributed by atoms with Crippen molar-refractivity contribution in [2.75, 3.05) is 4.90 Å². The molecule has 1 atom stereocenters. The van der Waals surface area contributed by atoms with Crippen molar-refractivity contribution in [2.45, 2.75) is 19.6 Å². The topological polar surface area (TPSA) is 77.8 Å². The van der Waals surface area contributed by atoms with Crippen molar-refractivity contribution in [2.24, 2.45) is 0 Å². The molecular weight excluding hydrogens is 378 g/mol. The molecule has 0 radical (unpaired) electrons. The lowest BCUT2D eigenvalue weighted by atomic mass is 9.95. The van der Waals surface area contributed by atoms with E-state index in [-0.39, 0.29) is 17.9 Å². The highest BCUT2D eigenvalue weighted by Crippen LogP contribution is 2.42. The highest BCUT2D eigenvalue weighted by Gasteiger charge is 2.46. The van der Waals surface area contributed by atoms with E-state index in [4.69, 9.17) is 0 Å². The Balaban J connectivity index is 1.90. The summed E-state index contributed by atoms with van der Waals surface area (Å²) in [5.74, 6) is -1.63. The van der Waals surface area contributed by atoms with Gasteiger partial charge in [-0.2, -0.15) is 0 Å². The van der Waals surface area contributed by atoms with E-state index in [9.17, 15) is 19.8 Å². The molecule has 1 aliphatic rings. The first-order valence-electron chi connectivity index (χ1n) is 9.64. The SMILES string of the molecule is Cc1ccc(C(O)=C2C(=O)C(=O)N(c3ccc(CO)cc3)C2c2ccccc2)cc1. The van der Waals surface area contributed by atoms with E-state index in [2.05, 4.69) is 0 Å². The smallest absolute Gasteiger partial charge is 0.300 e. The Bertz CT molecular complexity index is 1120. The summed E-state index contributed by atoms with van der Waals surface area (Å²) in [6, 6.07) is 22.4. The Morgan fingerprint density at radius 3 is 2.13 bits per heavy atom. The number of aryl methyl sites for hydroxylation is 1. The van der Waals surface area contributed by atoms with Crippen LogP contribution in [0.15, 0.2) is 84.4 Å². The molecule has 1 heterocycles. The number of rotatable bonds is 4. The summed E-state index contributed by atoms with van der Waals surface area (Å²) in [6.45, 7) is 1.82. The zero-order valence-corrected chi connectivity index (χ0v) is 16.4. The number of hydrogen-bond acceptors (Lipinski definition) is 4. The first-order chi connectivity index (χ1) is 14.5. The molecule has 1 fully saturated rings. The Labute approximate surface area is 174 Å². The van der Waals surface area contributed by atoms with Gasteiger partial charge >= 0.3 is 0 Å². The first kappa shape index (κ1) is 19.6. The number of aliphatic hydroxyl groups is 2. The maximum atomic E-state index is 13.0. The number of carbonyl (C=O) groups is 2. The highest BCUT2D eigenvalue weighted by molar-refractivity contribution is 6.51. The minimum Gasteiger partial charge on any atom is -0.507 e. The van der Waals surface area contributed by atoms with Crippen molar-refractivity contribution in [3.63, 3.8) is 0 Å². The summed E-state index contributed by atoms with van der Waals surface area (Å²) in [5, 5.41) is 20.3. The van der Waals surface area contributed by atoms with Crippen LogP contribution in [0.25, 0.3) is 5.76 Å². The maximum Gasteiger partial charge on any atom is 0.300 e. The minimum absolute atomic E-state index is 0.0567. The van der Waals surface area contributed by atoms with Crippen LogP contribution in [-0.2, 0) is 16.2 Å². The van der Waals surface area contributed by atoms with Gasteiger partial charge in [-0.3, -0.25) is 14.5 Å². The number of aliphatic hydroxyl groups excluding tert-OH is 2. The molecule has 1 unspecified atom stereocenters. The molecule has 5 heteroatoms. The van der Waals surface area contributed by atoms with Gasteiger partial charge in [0.15, 0.2) is 0 Å². The third-order valence-electron chi connectivity index (χ3n) is 5.28. The number of Topliss-reactive ketones (excluding diaryl/α,β-unsaturated/α-hetero) is 1. The zero-order valence-electron chi connectivity index (χ0n) is 16.4. The molecule has 0 aliphatic carbocycles. The third-order valence-corrected chi connectivity index (χ3v) is 5.28. The van der Waals surface area contributed by atoms with Crippen molar-refractivity contribution in [1.82, 2.24) is 0 Å². The average Bonchev–Trinajstić information content (AvgIpc) is 3.05. The van der Waals surface area contributed by atoms with Crippen LogP contribution in [0.4, 0.5) is 5.69 Å². The predicted octanol–water partition coefficient (Wildman–Crippen LogP) is 4.11. The zero-order chi connectivity index (χ0) is 21.3. The highest BCUT2D eigenvalue weighted by atomic mass is 16.3. The van der Waals surface area contributed by atoms with E-state index in [1.54, 1.807) is 36.4 Å². The fourth-order valence-electron chi connectivity index (χ4n) is 3.68. The molecule has 2 N–H and O–H groups in total. The van der Waals surface area contributed by atoms with Crippen LogP contribution in [0.1, 0.15) is 28.3 Å². The molecule has 1 aliphatic heterocycles. The third kappa shape index (κ3) is 3.40. The summed E-state index contributed by atoms with van der Waals surface area (Å²) in [4.78, 5) is 27.5. The van der Waals surface area contributed by atoms with E-state index in [1.165, 1.54) is 4.90 Å². The van der Waals surface area contributed by atoms with Gasteiger partial charge in [-0.25, -0.2) is 0 Å². The maximum absolute atomic E-state index is 13.0. The fraction of sp³-hybridized carbons (Fsp3) is 0.120. The Morgan fingerprint density at radius 2 is 1.53 bits per heavy atom. The molecule has 0 spiro atoms. The monoisotopic (exact) mass is 399 g/mol. The summed E-state index contributed by atoms with van der Waals surface area (Å²) in [7, 11) is 0. The van der Waals surface area contributed by atoms with E-state index in [0.717, 1.165) is 11.1 Å². The summed E-state index contributed by atoms with van der Waals surface area (Å²) >= 11 is 0. The molecule has 0 bridgehead atoms. The van der Waals surface area contributed by atoms with Gasteiger partial charge < -0.3 is 10.2 Å². The molecule has 4 rings (SSSR count). The van der Waals surface area contributed by atoms with Crippen molar-refractivity contribution >= 4 is 23.1 Å². The summed E-state index contributed by atoms with van der Waals surface area (Å²) in [5.41, 5.74) is 3.50. The molecule has 1 amide bonds. The molecule has 5 nitrogen and oxygen atoms in total. The van der Waals surface area contributed by atoms with Crippen molar-refractivity contribution in [3.8, 4) is 0 Å². The Morgan fingerprint density at radius 1 is 0.900 bits per heavy atom. The molecular formula is C25H21NO4. The van der Waals surface area contributed by atoms with E-state index >= 15 is 0 Å². The van der Waals surface area contributed by atoms with Gasteiger partial charge in [-0.15, -0.1) is 0 Å². The van der Waals surface area contributed by atoms with E-state index in [0.29, 0.717) is 16.8 Å². The normalized spacial score (nSPS) is 18.1. The van der Waals surface area contributed by atoms with Crippen LogP contribution in [-0.4, -0.2) is 21.9 Å². The molecule has 0 aromatic heterocycles. The number of carbonyl (C=O) groups excluding carboxylic acids is 2. The summed E-state index contributed by atoms with van der Waals surface area (Å²) < 4.78 is 0. The quantitative estimate of drug-likeness (QED) is 0.393. The second kappa shape index (κ2) is 7.97. The first-order valence-corrected chi connectivity index (χ1v) is 9.64. The van der Waals surface area contributed by atoms with E-state index < -0.39 is 17.7 Å². The van der Waals surface area contributed by atoms with Gasteiger partial charge in [0, 0.05) is 11.3 Å². The molecule has 30 heavy (non-hydrogen) atoms. The summed E-state index contributed by atoms with van der Waals surface area (Å²) in [6.07, 6.45) is 0. The molecule has 1 saturated heterocycles. The van der Waals surface area contributed by atoms with Gasteiger partial charge in [-0.05, 0) is 30.2 Å². The van der Waals surface area contributed by atoms with Crippen LogP contribution in [0, 0.1) is 6.92 Å². The molecule has 0 saturated carbocycles. The lowest BCUT2D eigenvalue weighted by Crippen LogP contribution is -2.29. The second-order valence-electron chi connectivity index (χ2n) is 7.27. The molecule has 3 aromatic carbocycles. The van der Waals surface area contributed by atoms with Crippen LogP contribution >= 0.6 is 0 Å². The van der Waals surface area contributed by atoms with Crippen molar-refractivity contribution < 1.29 is 19.8 Å². The Hall–Kier alpha value is -3.70. The van der Waals surface area contributed by atoms with Crippen LogP contribution in [0.3, 0.4) is 0 Å². The largest absolute Gasteiger partial charge is 0.507 e. The lowest BCUT2D eigenvalue weighted by molar-refractivity contribution is -0.132. The van der Waals surface area contributed by atoms with Gasteiger partial charge in [0.05, 0.1) is 18.2 Å². The van der Waals surface area contributed by atoms with Crippen LogP contribution < -0.4 is 4.90 Å². The van der Waals surface area contributed by atoms with Crippen LogP contribution in [0.2, 0.25) is 0 Å². The van der Waals surface area contributed by atoms with Crippen molar-refractivity contribution in [1.29, 1.82) is 0 Å². The van der Waals surface area contributed by atoms with Crippen LogP contribution in [0.5, 0.6) is 0 Å². The standard InChI is InChI=1S/C25H21NO4/c1-16-7-11-19(12-8-16)23(28)21-22(18-5-3-2-4-6-18)26(25(30)24(21)29)20-13-9-17(15-27)10-14-20/h2-14,22,27-28H,15H2,1H3. The van der Waals surface area contributed by atoms with Crippen molar-refractivity contribution in [3.05, 3.63) is 107 Å². The molecule has 3 aromatic rings. The van der Waals surface area contributed by atoms with Gasteiger partial charge in [0.1, 0.15) is 5.76 Å². The predicted molar refractivity (Wildman–Crippen MR) is 115 cm³/mol. The van der Waals surface area contributed by atoms with Gasteiger partial charge in [-0.1, -0.05) is 72.3 Å². The van der Waals surface area contributed by atoms with Gasteiger partial charge in [0.2, 0.25) is 0 Å². The van der Waals surface area contributed by atoms with E-state index in [1.807, 2.05) is 49.4 Å². The Kier molecular flexibility index (Phi) is 5.21. The number of anilines is 1. The number of ketones is 1. The number of amides is 1. The average molecular weight is 399 g/mol. The number of nitrogens with zero attached hydrogens (tertiary/aromatic N) is 1. The number of hydrogen-bond donors (Lipinski definition) is 2. The number of benzene rings is 3.